The number of carbonyl (C=O) groups excluding carboxylic acids is 3. The highest BCUT2D eigenvalue weighted by Gasteiger charge is 2.62. The molecule has 3 fully saturated rings. The third-order valence-electron chi connectivity index (χ3n) is 10.5. The number of ether oxygens (including phenoxy) is 2. The third-order valence-corrected chi connectivity index (χ3v) is 13.4. The second-order valence-corrected chi connectivity index (χ2v) is 19.0. The Bertz CT molecular complexity index is 2420. The topological polar surface area (TPSA) is 169 Å². The first-order valence-electron chi connectivity index (χ1n) is 18.3. The van der Waals surface area contributed by atoms with E-state index < -0.39 is 85.5 Å². The number of likely N-dealkylation sites (tertiary alicyclic amines) is 1. The molecule has 3 N–H and O–H groups in total. The van der Waals surface area contributed by atoms with Gasteiger partial charge in [0.2, 0.25) is 27.7 Å². The fourth-order valence-corrected chi connectivity index (χ4v) is 9.37. The van der Waals surface area contributed by atoms with E-state index in [1.54, 1.807) is 39.0 Å². The summed E-state index contributed by atoms with van der Waals surface area (Å²) in [6.45, 7) is 9.01. The summed E-state index contributed by atoms with van der Waals surface area (Å²) in [4.78, 5) is 53.0. The second kappa shape index (κ2) is 15.3. The number of rotatable bonds is 13. The highest BCUT2D eigenvalue weighted by molar-refractivity contribution is 7.91. The molecule has 2 saturated carbocycles. The standard InChI is InChI=1S/C39H40ClF3N6O7S2/c1-6-20-15-39(20,36(52)48-58(53,54)23-8-9-23)47-33(50)29-14-22(56-34-25-13-21(40)7-10-24(25)30(55-5)16-44-34)17-49(29)35(51)32(38(2,3)4)46-37-45-28(18-57-37)19-11-26(41)31(43)27(42)12-19/h6-7,10-13,16,18,20,22-23,29,32H,1,8-9,14-15,17H2,2-5H3,(H,45,46)(H,47,50)(H,48,52)/t20-,22-,29+,32-,39-/m1/s1. The van der Waals surface area contributed by atoms with Gasteiger partial charge in [-0.15, -0.1) is 17.9 Å². The SMILES string of the molecule is C=C[C@@H]1C[C@]1(NC(=O)[C@@H]1C[C@@H](Oc2ncc(OC)c3ccc(Cl)cc23)CN1C(=O)[C@@H](Nc1nc(-c2cc(F)c(F)c(F)c2)cs1)C(C)(C)C)C(=O)NS(=O)(=O)C1CC1. The minimum absolute atomic E-state index is 0.0163. The molecule has 19 heteroatoms. The minimum atomic E-state index is -3.95. The Morgan fingerprint density at radius 1 is 1.12 bits per heavy atom. The van der Waals surface area contributed by atoms with Crippen LogP contribution in [0.5, 0.6) is 11.6 Å². The van der Waals surface area contributed by atoms with Crippen LogP contribution in [0.15, 0.2) is 54.6 Å². The molecule has 0 unspecified atom stereocenters. The molecule has 1 saturated heterocycles. The Balaban J connectivity index is 1.20. The zero-order valence-corrected chi connectivity index (χ0v) is 34.2. The maximum absolute atomic E-state index is 14.8. The average molecular weight is 861 g/mol. The van der Waals surface area contributed by atoms with Gasteiger partial charge in [0.15, 0.2) is 22.6 Å². The van der Waals surface area contributed by atoms with Gasteiger partial charge in [-0.25, -0.2) is 31.6 Å². The average Bonchev–Trinajstić information content (AvgIpc) is 4.06. The van der Waals surface area contributed by atoms with E-state index in [1.807, 2.05) is 0 Å². The lowest BCUT2D eigenvalue weighted by Crippen LogP contribution is -2.58. The van der Waals surface area contributed by atoms with Crippen molar-refractivity contribution >= 4 is 66.6 Å². The molecule has 3 aliphatic rings. The smallest absolute Gasteiger partial charge is 0.259 e. The van der Waals surface area contributed by atoms with E-state index in [0.717, 1.165) is 23.5 Å². The van der Waals surface area contributed by atoms with E-state index >= 15 is 0 Å². The van der Waals surface area contributed by atoms with Gasteiger partial charge >= 0.3 is 0 Å². The first-order chi connectivity index (χ1) is 27.3. The summed E-state index contributed by atoms with van der Waals surface area (Å²) in [5.41, 5.74) is -2.33. The molecule has 3 heterocycles. The summed E-state index contributed by atoms with van der Waals surface area (Å²) in [5, 5.41) is 8.49. The number of nitrogens with zero attached hydrogens (tertiary/aromatic N) is 3. The molecule has 5 atom stereocenters. The number of carbonyl (C=O) groups is 3. The van der Waals surface area contributed by atoms with Gasteiger partial charge in [-0.1, -0.05) is 38.4 Å². The highest BCUT2D eigenvalue weighted by Crippen LogP contribution is 2.46. The van der Waals surface area contributed by atoms with Gasteiger partial charge in [-0.05, 0) is 55.0 Å². The predicted molar refractivity (Wildman–Crippen MR) is 211 cm³/mol. The van der Waals surface area contributed by atoms with Crippen LogP contribution in [0.25, 0.3) is 22.0 Å². The molecule has 0 bridgehead atoms. The number of aromatic nitrogens is 2. The molecule has 0 spiro atoms. The van der Waals surface area contributed by atoms with E-state index in [1.165, 1.54) is 29.7 Å². The lowest BCUT2D eigenvalue weighted by Gasteiger charge is -2.35. The minimum Gasteiger partial charge on any atom is -0.494 e. The van der Waals surface area contributed by atoms with Crippen molar-refractivity contribution in [3.05, 3.63) is 77.0 Å². The summed E-state index contributed by atoms with van der Waals surface area (Å²) in [6, 6.07) is 4.45. The number of halogens is 4. The summed E-state index contributed by atoms with van der Waals surface area (Å²) in [5.74, 6) is -6.47. The number of nitrogens with one attached hydrogen (secondary N) is 3. The number of amides is 3. The number of methoxy groups -OCH3 is 1. The first-order valence-corrected chi connectivity index (χ1v) is 21.1. The van der Waals surface area contributed by atoms with Gasteiger partial charge in [-0.3, -0.25) is 19.1 Å². The van der Waals surface area contributed by atoms with E-state index in [9.17, 15) is 36.0 Å². The van der Waals surface area contributed by atoms with Crippen LogP contribution in [-0.2, 0) is 24.4 Å². The van der Waals surface area contributed by atoms with Gasteiger partial charge in [0.25, 0.3) is 5.91 Å². The number of hydrogen-bond donors (Lipinski definition) is 3. The van der Waals surface area contributed by atoms with E-state index in [2.05, 4.69) is 31.9 Å². The Labute approximate surface area is 341 Å². The van der Waals surface area contributed by atoms with Crippen molar-refractivity contribution < 1.29 is 45.4 Å². The molecular weight excluding hydrogens is 821 g/mol. The van der Waals surface area contributed by atoms with Gasteiger partial charge in [0.1, 0.15) is 29.5 Å². The Hall–Kier alpha value is -4.94. The molecule has 7 rings (SSSR count). The molecule has 308 valence electrons. The van der Waals surface area contributed by atoms with Crippen LogP contribution in [0.4, 0.5) is 18.3 Å². The number of hydrogen-bond acceptors (Lipinski definition) is 11. The monoisotopic (exact) mass is 860 g/mol. The molecule has 2 aromatic heterocycles. The molecule has 58 heavy (non-hydrogen) atoms. The Morgan fingerprint density at radius 2 is 1.83 bits per heavy atom. The lowest BCUT2D eigenvalue weighted by atomic mass is 9.85. The summed E-state index contributed by atoms with van der Waals surface area (Å²) >= 11 is 7.39. The van der Waals surface area contributed by atoms with Crippen LogP contribution in [-0.4, -0.2) is 83.6 Å². The van der Waals surface area contributed by atoms with Crippen LogP contribution < -0.4 is 24.8 Å². The highest BCUT2D eigenvalue weighted by atomic mass is 35.5. The van der Waals surface area contributed by atoms with Crippen LogP contribution in [0.2, 0.25) is 5.02 Å². The normalized spacial score (nSPS) is 22.3. The molecule has 1 aliphatic heterocycles. The lowest BCUT2D eigenvalue weighted by molar-refractivity contribution is -0.141. The van der Waals surface area contributed by atoms with Crippen molar-refractivity contribution in [2.45, 2.75) is 75.4 Å². The van der Waals surface area contributed by atoms with Crippen molar-refractivity contribution in [3.63, 3.8) is 0 Å². The molecular formula is C39H40ClF3N6O7S2. The molecule has 4 aromatic rings. The van der Waals surface area contributed by atoms with E-state index in [0.29, 0.717) is 34.4 Å². The molecule has 2 aromatic carbocycles. The summed E-state index contributed by atoms with van der Waals surface area (Å²) in [6.07, 6.45) is 3.02. The Morgan fingerprint density at radius 3 is 2.45 bits per heavy atom. The fourth-order valence-electron chi connectivity index (χ4n) is 7.09. The van der Waals surface area contributed by atoms with Crippen molar-refractivity contribution in [1.82, 2.24) is 24.9 Å². The maximum atomic E-state index is 14.8. The second-order valence-electron chi connectivity index (χ2n) is 15.7. The quantitative estimate of drug-likeness (QED) is 0.107. The van der Waals surface area contributed by atoms with Crippen molar-refractivity contribution in [2.24, 2.45) is 11.3 Å². The molecule has 2 aliphatic carbocycles. The Kier molecular flexibility index (Phi) is 10.9. The van der Waals surface area contributed by atoms with Gasteiger partial charge in [-0.2, -0.15) is 0 Å². The predicted octanol–water partition coefficient (Wildman–Crippen LogP) is 5.98. The summed E-state index contributed by atoms with van der Waals surface area (Å²) in [7, 11) is -2.46. The molecule has 3 amide bonds. The fraction of sp³-hybridized carbons (Fsp3) is 0.410. The van der Waals surface area contributed by atoms with Crippen LogP contribution in [0.1, 0.15) is 46.5 Å². The maximum Gasteiger partial charge on any atom is 0.259 e. The van der Waals surface area contributed by atoms with Gasteiger partial charge in [0, 0.05) is 39.1 Å². The van der Waals surface area contributed by atoms with E-state index in [-0.39, 0.29) is 41.7 Å². The van der Waals surface area contributed by atoms with Crippen molar-refractivity contribution in [1.29, 1.82) is 0 Å². The molecule has 0 radical (unpaired) electrons. The van der Waals surface area contributed by atoms with Crippen LogP contribution in [0.3, 0.4) is 0 Å². The zero-order valence-electron chi connectivity index (χ0n) is 31.8. The first kappa shape index (κ1) is 41.2. The van der Waals surface area contributed by atoms with Crippen LogP contribution in [0, 0.1) is 28.8 Å². The number of sulfonamides is 1. The number of pyridine rings is 1. The summed E-state index contributed by atoms with van der Waals surface area (Å²) < 4.78 is 81.3. The zero-order chi connectivity index (χ0) is 41.9. The van der Waals surface area contributed by atoms with Crippen LogP contribution >= 0.6 is 22.9 Å². The third kappa shape index (κ3) is 8.05. The van der Waals surface area contributed by atoms with Crippen molar-refractivity contribution in [3.8, 4) is 22.9 Å². The molecule has 13 nitrogen and oxygen atoms in total. The number of thiazole rings is 1. The number of benzene rings is 2. The number of anilines is 1. The number of fused-ring (bicyclic) bond motifs is 1. The van der Waals surface area contributed by atoms with Crippen molar-refractivity contribution in [2.75, 3.05) is 19.0 Å². The van der Waals surface area contributed by atoms with Gasteiger partial charge in [0.05, 0.1) is 30.8 Å². The van der Waals surface area contributed by atoms with E-state index in [4.69, 9.17) is 21.1 Å². The van der Waals surface area contributed by atoms with Gasteiger partial charge < -0.3 is 25.0 Å². The largest absolute Gasteiger partial charge is 0.494 e.